The monoisotopic (exact) mass is 437 g/mol. The van der Waals surface area contributed by atoms with Crippen molar-refractivity contribution < 1.29 is 14.3 Å². The second kappa shape index (κ2) is 7.26. The minimum absolute atomic E-state index is 0.199. The average molecular weight is 438 g/mol. The fraction of sp³-hybridized carbons (Fsp3) is 0.444. The fourth-order valence-electron chi connectivity index (χ4n) is 3.58. The summed E-state index contributed by atoms with van der Waals surface area (Å²) in [6.45, 7) is 5.08. The first kappa shape index (κ1) is 17.9. The molecule has 1 aromatic carbocycles. The maximum absolute atomic E-state index is 12.5. The molecule has 2 aromatic rings. The van der Waals surface area contributed by atoms with Gasteiger partial charge in [-0.2, -0.15) is 0 Å². The lowest BCUT2D eigenvalue weighted by atomic mass is 10.0. The quantitative estimate of drug-likeness (QED) is 0.790. The van der Waals surface area contributed by atoms with E-state index in [1.807, 2.05) is 12.1 Å². The number of piperidine rings is 1. The number of anilines is 2. The molecule has 0 unspecified atom stereocenters. The van der Waals surface area contributed by atoms with Gasteiger partial charge in [0.1, 0.15) is 5.69 Å². The molecule has 0 radical (unpaired) electrons. The van der Waals surface area contributed by atoms with Gasteiger partial charge in [-0.25, -0.2) is 4.98 Å². The standard InChI is InChI=1S/C18H20BrN3O3S/c1-12-3-2-4-13(20-16(23)14-11-26-17(19)21-14)15(12)22-7-5-18(6-8-22)24-9-10-25-18/h2-4,11H,5-10H2,1H3,(H,20,23). The van der Waals surface area contributed by atoms with Crippen LogP contribution in [0.3, 0.4) is 0 Å². The average Bonchev–Trinajstić information content (AvgIpc) is 3.26. The van der Waals surface area contributed by atoms with Gasteiger partial charge in [0.2, 0.25) is 0 Å². The molecule has 2 aliphatic rings. The third kappa shape index (κ3) is 3.51. The predicted molar refractivity (Wildman–Crippen MR) is 105 cm³/mol. The summed E-state index contributed by atoms with van der Waals surface area (Å²) in [5, 5.41) is 4.76. The Balaban J connectivity index is 1.54. The zero-order valence-corrected chi connectivity index (χ0v) is 16.9. The van der Waals surface area contributed by atoms with Crippen LogP contribution in [0, 0.1) is 6.92 Å². The highest BCUT2D eigenvalue weighted by Gasteiger charge is 2.40. The lowest BCUT2D eigenvalue weighted by Gasteiger charge is -2.39. The molecule has 1 aromatic heterocycles. The van der Waals surface area contributed by atoms with E-state index < -0.39 is 5.79 Å². The van der Waals surface area contributed by atoms with Crippen LogP contribution < -0.4 is 10.2 Å². The van der Waals surface area contributed by atoms with Crippen LogP contribution in [0.5, 0.6) is 0 Å². The molecule has 1 N–H and O–H groups in total. The highest BCUT2D eigenvalue weighted by Crippen LogP contribution is 2.37. The van der Waals surface area contributed by atoms with E-state index in [0.29, 0.717) is 22.8 Å². The van der Waals surface area contributed by atoms with Crippen LogP contribution >= 0.6 is 27.3 Å². The zero-order chi connectivity index (χ0) is 18.1. The molecule has 2 aliphatic heterocycles. The fourth-order valence-corrected chi connectivity index (χ4v) is 4.57. The minimum Gasteiger partial charge on any atom is -0.369 e. The number of nitrogens with zero attached hydrogens (tertiary/aromatic N) is 2. The van der Waals surface area contributed by atoms with E-state index in [0.717, 1.165) is 42.9 Å². The van der Waals surface area contributed by atoms with E-state index in [1.54, 1.807) is 5.38 Å². The molecule has 138 valence electrons. The Morgan fingerprint density at radius 1 is 1.31 bits per heavy atom. The van der Waals surface area contributed by atoms with Gasteiger partial charge < -0.3 is 19.7 Å². The number of para-hydroxylation sites is 1. The molecule has 26 heavy (non-hydrogen) atoms. The van der Waals surface area contributed by atoms with Crippen molar-refractivity contribution in [2.24, 2.45) is 0 Å². The topological polar surface area (TPSA) is 63.7 Å². The summed E-state index contributed by atoms with van der Waals surface area (Å²) in [7, 11) is 0. The van der Waals surface area contributed by atoms with Crippen LogP contribution in [0.15, 0.2) is 27.5 Å². The van der Waals surface area contributed by atoms with Crippen LogP contribution in [0.1, 0.15) is 28.9 Å². The largest absolute Gasteiger partial charge is 0.369 e. The van der Waals surface area contributed by atoms with E-state index in [2.05, 4.69) is 44.1 Å². The Labute approximate surface area is 164 Å². The number of thiazole rings is 1. The molecule has 2 fully saturated rings. The number of hydrogen-bond acceptors (Lipinski definition) is 6. The first-order chi connectivity index (χ1) is 12.6. The highest BCUT2D eigenvalue weighted by molar-refractivity contribution is 9.11. The maximum atomic E-state index is 12.5. The van der Waals surface area contributed by atoms with E-state index in [9.17, 15) is 4.79 Å². The van der Waals surface area contributed by atoms with Gasteiger partial charge in [-0.05, 0) is 34.5 Å². The minimum atomic E-state index is -0.407. The van der Waals surface area contributed by atoms with Gasteiger partial charge in [0.25, 0.3) is 5.91 Å². The number of aromatic nitrogens is 1. The van der Waals surface area contributed by atoms with Crippen LogP contribution in [-0.4, -0.2) is 43.0 Å². The van der Waals surface area contributed by atoms with Crippen molar-refractivity contribution in [3.05, 3.63) is 38.8 Å². The molecule has 1 amide bonds. The number of carbonyl (C=O) groups excluding carboxylic acids is 1. The van der Waals surface area contributed by atoms with Gasteiger partial charge in [0, 0.05) is 31.3 Å². The van der Waals surface area contributed by atoms with Gasteiger partial charge in [0.15, 0.2) is 9.70 Å². The number of hydrogen-bond donors (Lipinski definition) is 1. The van der Waals surface area contributed by atoms with Gasteiger partial charge in [-0.3, -0.25) is 4.79 Å². The number of benzene rings is 1. The molecule has 6 nitrogen and oxygen atoms in total. The van der Waals surface area contributed by atoms with Gasteiger partial charge in [-0.1, -0.05) is 12.1 Å². The second-order valence-corrected chi connectivity index (χ2v) is 8.64. The Bertz CT molecular complexity index is 810. The molecule has 3 heterocycles. The summed E-state index contributed by atoms with van der Waals surface area (Å²) in [6.07, 6.45) is 1.65. The molecule has 0 saturated carbocycles. The van der Waals surface area contributed by atoms with Gasteiger partial charge in [-0.15, -0.1) is 11.3 Å². The van der Waals surface area contributed by atoms with Crippen molar-refractivity contribution >= 4 is 44.5 Å². The summed E-state index contributed by atoms with van der Waals surface area (Å²) < 4.78 is 12.3. The molecule has 8 heteroatoms. The van der Waals surface area contributed by atoms with Crippen LogP contribution in [0.2, 0.25) is 0 Å². The highest BCUT2D eigenvalue weighted by atomic mass is 79.9. The van der Waals surface area contributed by atoms with E-state index in [1.165, 1.54) is 11.3 Å². The molecule has 2 saturated heterocycles. The van der Waals surface area contributed by atoms with Crippen molar-refractivity contribution in [3.63, 3.8) is 0 Å². The maximum Gasteiger partial charge on any atom is 0.275 e. The summed E-state index contributed by atoms with van der Waals surface area (Å²) in [5.74, 6) is -0.607. The van der Waals surface area contributed by atoms with Crippen molar-refractivity contribution in [3.8, 4) is 0 Å². The molecular weight excluding hydrogens is 418 g/mol. The molecule has 0 atom stereocenters. The Kier molecular flexibility index (Phi) is 5.00. The van der Waals surface area contributed by atoms with Crippen molar-refractivity contribution in [1.82, 2.24) is 4.98 Å². The SMILES string of the molecule is Cc1cccc(NC(=O)c2csc(Br)n2)c1N1CCC2(CC1)OCCO2. The normalized spacial score (nSPS) is 19.1. The number of ether oxygens (including phenoxy) is 2. The number of amides is 1. The lowest BCUT2D eigenvalue weighted by Crippen LogP contribution is -2.45. The van der Waals surface area contributed by atoms with Crippen molar-refractivity contribution in [2.75, 3.05) is 36.5 Å². The zero-order valence-electron chi connectivity index (χ0n) is 14.5. The molecule has 0 bridgehead atoms. The second-order valence-electron chi connectivity index (χ2n) is 6.51. The van der Waals surface area contributed by atoms with Crippen LogP contribution in [0.25, 0.3) is 0 Å². The lowest BCUT2D eigenvalue weighted by molar-refractivity contribution is -0.169. The first-order valence-electron chi connectivity index (χ1n) is 8.61. The van der Waals surface area contributed by atoms with Gasteiger partial charge >= 0.3 is 0 Å². The molecule has 1 spiro atoms. The number of rotatable bonds is 3. The van der Waals surface area contributed by atoms with E-state index in [-0.39, 0.29) is 5.91 Å². The summed E-state index contributed by atoms with van der Waals surface area (Å²) in [4.78, 5) is 19.0. The van der Waals surface area contributed by atoms with Gasteiger partial charge in [0.05, 0.1) is 24.6 Å². The Morgan fingerprint density at radius 2 is 2.04 bits per heavy atom. The van der Waals surface area contributed by atoms with Crippen LogP contribution in [-0.2, 0) is 9.47 Å². The summed E-state index contributed by atoms with van der Waals surface area (Å²) in [5.41, 5.74) is 3.41. The third-order valence-electron chi connectivity index (χ3n) is 4.85. The van der Waals surface area contributed by atoms with Crippen molar-refractivity contribution in [2.45, 2.75) is 25.6 Å². The summed E-state index contributed by atoms with van der Waals surface area (Å²) in [6, 6.07) is 5.96. The van der Waals surface area contributed by atoms with E-state index >= 15 is 0 Å². The van der Waals surface area contributed by atoms with E-state index in [4.69, 9.17) is 9.47 Å². The smallest absolute Gasteiger partial charge is 0.275 e. The predicted octanol–water partition coefficient (Wildman–Crippen LogP) is 3.81. The summed E-state index contributed by atoms with van der Waals surface area (Å²) >= 11 is 4.70. The number of halogens is 1. The molecule has 0 aliphatic carbocycles. The third-order valence-corrected chi connectivity index (χ3v) is 6.21. The van der Waals surface area contributed by atoms with Crippen molar-refractivity contribution in [1.29, 1.82) is 0 Å². The number of carbonyl (C=O) groups is 1. The molecule has 4 rings (SSSR count). The first-order valence-corrected chi connectivity index (χ1v) is 10.3. The molecular formula is C18H20BrN3O3S. The van der Waals surface area contributed by atoms with Crippen LogP contribution in [0.4, 0.5) is 11.4 Å². The number of aryl methyl sites for hydroxylation is 1. The Morgan fingerprint density at radius 3 is 2.69 bits per heavy atom. The number of nitrogens with one attached hydrogen (secondary N) is 1. The Hall–Kier alpha value is -1.48.